The molecule has 5 heteroatoms. The average Bonchev–Trinajstić information content (AvgIpc) is 2.62. The first-order chi connectivity index (χ1) is 12.1. The quantitative estimate of drug-likeness (QED) is 0.891. The van der Waals surface area contributed by atoms with E-state index in [-0.39, 0.29) is 5.91 Å². The first-order valence-electron chi connectivity index (χ1n) is 9.36. The molecule has 1 fully saturated rings. The van der Waals surface area contributed by atoms with Crippen LogP contribution in [0, 0.1) is 5.92 Å². The Balaban J connectivity index is 1.59. The summed E-state index contributed by atoms with van der Waals surface area (Å²) in [6.07, 6.45) is 5.80. The number of carbonyl (C=O) groups excluding carboxylic acids is 1. The van der Waals surface area contributed by atoms with Crippen LogP contribution >= 0.6 is 0 Å². The van der Waals surface area contributed by atoms with Gasteiger partial charge in [-0.3, -0.25) is 9.69 Å². The van der Waals surface area contributed by atoms with Crippen molar-refractivity contribution in [3.63, 3.8) is 0 Å². The zero-order valence-corrected chi connectivity index (χ0v) is 15.6. The van der Waals surface area contributed by atoms with Crippen LogP contribution in [0.2, 0.25) is 0 Å². The monoisotopic (exact) mass is 346 g/mol. The minimum absolute atomic E-state index is 0.155. The summed E-state index contributed by atoms with van der Waals surface area (Å²) in [5, 5.41) is 3.26. The summed E-state index contributed by atoms with van der Waals surface area (Å²) in [6.45, 7) is 4.40. The van der Waals surface area contributed by atoms with Crippen molar-refractivity contribution in [3.05, 3.63) is 23.3 Å². The lowest BCUT2D eigenvalue weighted by Gasteiger charge is -2.32. The predicted octanol–water partition coefficient (Wildman–Crippen LogP) is 2.76. The Hall–Kier alpha value is -1.75. The van der Waals surface area contributed by atoms with Gasteiger partial charge in [0.2, 0.25) is 5.91 Å². The standard InChI is InChI=1S/C20H30N2O3/c1-14-6-4-5-7-17(14)21-20(23)13-22-9-8-15-10-18(24-2)19(25-3)11-16(15)12-22/h10-11,14,17H,4-9,12-13H2,1-3H3,(H,21,23)/t14-,17-/m0/s1. The summed E-state index contributed by atoms with van der Waals surface area (Å²) in [4.78, 5) is 14.7. The lowest BCUT2D eigenvalue weighted by atomic mass is 9.86. The van der Waals surface area contributed by atoms with Crippen LogP contribution in [0.25, 0.3) is 0 Å². The van der Waals surface area contributed by atoms with Crippen molar-refractivity contribution in [2.24, 2.45) is 5.92 Å². The molecular weight excluding hydrogens is 316 g/mol. The van der Waals surface area contributed by atoms with Crippen LogP contribution in [0.4, 0.5) is 0 Å². The third kappa shape index (κ3) is 4.27. The Morgan fingerprint density at radius 3 is 2.52 bits per heavy atom. The van der Waals surface area contributed by atoms with E-state index in [1.165, 1.54) is 30.4 Å². The van der Waals surface area contributed by atoms with Crippen LogP contribution in [0.5, 0.6) is 11.5 Å². The van der Waals surface area contributed by atoms with Crippen molar-refractivity contribution in [2.75, 3.05) is 27.3 Å². The number of amides is 1. The Kier molecular flexibility index (Phi) is 5.84. The second kappa shape index (κ2) is 8.09. The molecule has 0 aromatic heterocycles. The summed E-state index contributed by atoms with van der Waals surface area (Å²) in [5.41, 5.74) is 2.51. The molecule has 1 aliphatic heterocycles. The zero-order valence-electron chi connectivity index (χ0n) is 15.6. The number of hydrogen-bond acceptors (Lipinski definition) is 4. The highest BCUT2D eigenvalue weighted by Crippen LogP contribution is 2.33. The zero-order chi connectivity index (χ0) is 17.8. The Morgan fingerprint density at radius 2 is 1.84 bits per heavy atom. The lowest BCUT2D eigenvalue weighted by Crippen LogP contribution is -2.46. The van der Waals surface area contributed by atoms with E-state index in [1.807, 2.05) is 6.07 Å². The number of hydrogen-bond donors (Lipinski definition) is 1. The molecule has 1 N–H and O–H groups in total. The van der Waals surface area contributed by atoms with E-state index in [1.54, 1.807) is 14.2 Å². The molecule has 0 bridgehead atoms. The first kappa shape index (κ1) is 18.1. The van der Waals surface area contributed by atoms with E-state index in [2.05, 4.69) is 23.2 Å². The summed E-state index contributed by atoms with van der Waals surface area (Å²) in [7, 11) is 3.32. The van der Waals surface area contributed by atoms with Gasteiger partial charge in [-0.25, -0.2) is 0 Å². The van der Waals surface area contributed by atoms with Crippen LogP contribution in [0.1, 0.15) is 43.7 Å². The van der Waals surface area contributed by atoms with Gasteiger partial charge in [-0.15, -0.1) is 0 Å². The molecule has 1 aromatic carbocycles. The SMILES string of the molecule is COc1cc2c(cc1OC)CN(CC(=O)N[C@H]1CCCC[C@@H]1C)CC2. The Bertz CT molecular complexity index is 617. The maximum absolute atomic E-state index is 12.5. The van der Waals surface area contributed by atoms with Crippen molar-refractivity contribution in [3.8, 4) is 11.5 Å². The third-order valence-electron chi connectivity index (χ3n) is 5.62. The van der Waals surface area contributed by atoms with Crippen LogP contribution in [0.15, 0.2) is 12.1 Å². The number of carbonyl (C=O) groups is 1. The number of nitrogens with zero attached hydrogens (tertiary/aromatic N) is 1. The largest absolute Gasteiger partial charge is 0.493 e. The minimum atomic E-state index is 0.155. The van der Waals surface area contributed by atoms with E-state index < -0.39 is 0 Å². The average molecular weight is 346 g/mol. The van der Waals surface area contributed by atoms with Gasteiger partial charge in [0, 0.05) is 19.1 Å². The van der Waals surface area contributed by atoms with Crippen molar-refractivity contribution in [1.82, 2.24) is 10.2 Å². The molecule has 138 valence electrons. The molecule has 1 aliphatic carbocycles. The molecule has 5 nitrogen and oxygen atoms in total. The summed E-state index contributed by atoms with van der Waals surface area (Å²) >= 11 is 0. The van der Waals surface area contributed by atoms with E-state index >= 15 is 0 Å². The van der Waals surface area contributed by atoms with E-state index in [0.29, 0.717) is 18.5 Å². The number of benzene rings is 1. The van der Waals surface area contributed by atoms with Gasteiger partial charge in [-0.1, -0.05) is 19.8 Å². The van der Waals surface area contributed by atoms with Crippen molar-refractivity contribution in [1.29, 1.82) is 0 Å². The maximum Gasteiger partial charge on any atom is 0.234 e. The number of nitrogens with one attached hydrogen (secondary N) is 1. The van der Waals surface area contributed by atoms with Crippen LogP contribution in [0.3, 0.4) is 0 Å². The van der Waals surface area contributed by atoms with Crippen LogP contribution in [-0.4, -0.2) is 44.2 Å². The number of fused-ring (bicyclic) bond motifs is 1. The van der Waals surface area contributed by atoms with Gasteiger partial charge in [-0.05, 0) is 48.4 Å². The number of rotatable bonds is 5. The number of methoxy groups -OCH3 is 2. The molecule has 2 aliphatic rings. The fourth-order valence-corrected chi connectivity index (χ4v) is 4.06. The smallest absolute Gasteiger partial charge is 0.234 e. The summed E-state index contributed by atoms with van der Waals surface area (Å²) < 4.78 is 10.8. The fourth-order valence-electron chi connectivity index (χ4n) is 4.06. The molecule has 1 heterocycles. The van der Waals surface area contributed by atoms with Crippen molar-refractivity contribution >= 4 is 5.91 Å². The van der Waals surface area contributed by atoms with Gasteiger partial charge < -0.3 is 14.8 Å². The van der Waals surface area contributed by atoms with Crippen LogP contribution < -0.4 is 14.8 Å². The van der Waals surface area contributed by atoms with E-state index in [9.17, 15) is 4.79 Å². The lowest BCUT2D eigenvalue weighted by molar-refractivity contribution is -0.123. The fraction of sp³-hybridized carbons (Fsp3) is 0.650. The van der Waals surface area contributed by atoms with E-state index in [4.69, 9.17) is 9.47 Å². The molecule has 1 amide bonds. The first-order valence-corrected chi connectivity index (χ1v) is 9.36. The van der Waals surface area contributed by atoms with Crippen LogP contribution in [-0.2, 0) is 17.8 Å². The van der Waals surface area contributed by atoms with Crippen molar-refractivity contribution in [2.45, 2.75) is 51.6 Å². The highest BCUT2D eigenvalue weighted by atomic mass is 16.5. The van der Waals surface area contributed by atoms with Gasteiger partial charge in [0.15, 0.2) is 11.5 Å². The Labute approximate surface area is 150 Å². The summed E-state index contributed by atoms with van der Waals surface area (Å²) in [5.74, 6) is 2.28. The second-order valence-electron chi connectivity index (χ2n) is 7.37. The molecule has 0 unspecified atom stereocenters. The minimum Gasteiger partial charge on any atom is -0.493 e. The third-order valence-corrected chi connectivity index (χ3v) is 5.62. The van der Waals surface area contributed by atoms with Gasteiger partial charge in [0.05, 0.1) is 20.8 Å². The molecule has 0 radical (unpaired) electrons. The maximum atomic E-state index is 12.5. The predicted molar refractivity (Wildman–Crippen MR) is 98.1 cm³/mol. The van der Waals surface area contributed by atoms with Gasteiger partial charge in [-0.2, -0.15) is 0 Å². The molecule has 25 heavy (non-hydrogen) atoms. The molecule has 0 saturated heterocycles. The van der Waals surface area contributed by atoms with Crippen molar-refractivity contribution < 1.29 is 14.3 Å². The van der Waals surface area contributed by atoms with Gasteiger partial charge in [0.1, 0.15) is 0 Å². The molecule has 0 spiro atoms. The molecule has 2 atom stereocenters. The normalized spacial score (nSPS) is 23.6. The molecule has 1 aromatic rings. The van der Waals surface area contributed by atoms with E-state index in [0.717, 1.165) is 37.4 Å². The highest BCUT2D eigenvalue weighted by Gasteiger charge is 2.25. The number of ether oxygens (including phenoxy) is 2. The topological polar surface area (TPSA) is 50.8 Å². The second-order valence-corrected chi connectivity index (χ2v) is 7.37. The Morgan fingerprint density at radius 1 is 1.16 bits per heavy atom. The molecule has 1 saturated carbocycles. The van der Waals surface area contributed by atoms with Gasteiger partial charge in [0.25, 0.3) is 0 Å². The molecular formula is C20H30N2O3. The summed E-state index contributed by atoms with van der Waals surface area (Å²) in [6, 6.07) is 4.46. The highest BCUT2D eigenvalue weighted by molar-refractivity contribution is 5.78. The van der Waals surface area contributed by atoms with Gasteiger partial charge >= 0.3 is 0 Å². The molecule has 3 rings (SSSR count).